The number of thioether (sulfide) groups is 1. The van der Waals surface area contributed by atoms with Gasteiger partial charge in [0.1, 0.15) is 4.90 Å². The fraction of sp³-hybridized carbons (Fsp3) is 0.381. The topological polar surface area (TPSA) is 66.5 Å². The van der Waals surface area contributed by atoms with Crippen LogP contribution in [0.4, 0.5) is 5.69 Å². The van der Waals surface area contributed by atoms with Crippen LogP contribution in [-0.2, 0) is 16.4 Å². The van der Waals surface area contributed by atoms with Crippen LogP contribution in [0, 0.1) is 0 Å². The van der Waals surface area contributed by atoms with Gasteiger partial charge < -0.3 is 5.32 Å². The summed E-state index contributed by atoms with van der Waals surface area (Å²) in [5.74, 6) is 0.884. The number of carbonyl (C=O) groups is 1. The van der Waals surface area contributed by atoms with E-state index in [1.807, 2.05) is 30.0 Å². The monoisotopic (exact) mass is 450 g/mol. The van der Waals surface area contributed by atoms with Crippen molar-refractivity contribution in [2.75, 3.05) is 24.2 Å². The molecule has 0 atom stereocenters. The summed E-state index contributed by atoms with van der Waals surface area (Å²) in [5, 5.41) is 2.95. The largest absolute Gasteiger partial charge is 0.322 e. The molecule has 1 amide bonds. The number of nitrogens with one attached hydrogen (secondary N) is 1. The second-order valence-electron chi connectivity index (χ2n) is 7.34. The van der Waals surface area contributed by atoms with Crippen LogP contribution in [0.1, 0.15) is 41.6 Å². The fourth-order valence-corrected chi connectivity index (χ4v) is 6.79. The lowest BCUT2D eigenvalue weighted by Crippen LogP contribution is -2.35. The predicted octanol–water partition coefficient (Wildman–Crippen LogP) is 4.81. The number of nitrogens with zero attached hydrogens (tertiary/aromatic N) is 1. The molecular weight excluding hydrogens is 428 g/mol. The van der Waals surface area contributed by atoms with Gasteiger partial charge in [0, 0.05) is 29.2 Å². The Morgan fingerprint density at radius 3 is 2.59 bits per heavy atom. The Labute approximate surface area is 180 Å². The molecule has 0 aromatic heterocycles. The van der Waals surface area contributed by atoms with Crippen molar-refractivity contribution in [3.63, 3.8) is 0 Å². The maximum atomic E-state index is 12.9. The van der Waals surface area contributed by atoms with Gasteiger partial charge in [-0.15, -0.1) is 11.8 Å². The minimum Gasteiger partial charge on any atom is -0.322 e. The average molecular weight is 451 g/mol. The number of sulfonamides is 1. The molecule has 1 N–H and O–H groups in total. The van der Waals surface area contributed by atoms with E-state index in [4.69, 9.17) is 11.6 Å². The molecule has 1 saturated heterocycles. The number of anilines is 1. The molecule has 2 aliphatic heterocycles. The molecule has 0 radical (unpaired) electrons. The van der Waals surface area contributed by atoms with E-state index in [0.29, 0.717) is 24.3 Å². The first-order valence-corrected chi connectivity index (χ1v) is 12.6. The first kappa shape index (κ1) is 20.7. The Bertz CT molecular complexity index is 1030. The van der Waals surface area contributed by atoms with E-state index >= 15 is 0 Å². The van der Waals surface area contributed by atoms with Crippen LogP contribution < -0.4 is 5.32 Å². The quantitative estimate of drug-likeness (QED) is 0.726. The number of amides is 1. The SMILES string of the molecule is O=C(Nc1ccc(S(=O)(=O)N2CCCCC2)c(Cl)c1)c1ccc2c(c1)CCCS2. The lowest BCUT2D eigenvalue weighted by atomic mass is 10.1. The molecule has 2 heterocycles. The number of halogens is 1. The highest BCUT2D eigenvalue weighted by atomic mass is 35.5. The minimum absolute atomic E-state index is 0.0878. The van der Waals surface area contributed by atoms with E-state index in [9.17, 15) is 13.2 Å². The van der Waals surface area contributed by atoms with E-state index in [1.54, 1.807) is 6.07 Å². The van der Waals surface area contributed by atoms with Crippen molar-refractivity contribution in [2.45, 2.75) is 41.9 Å². The lowest BCUT2D eigenvalue weighted by molar-refractivity contribution is 0.102. The highest BCUT2D eigenvalue weighted by Crippen LogP contribution is 2.32. The lowest BCUT2D eigenvalue weighted by Gasteiger charge is -2.26. The molecule has 5 nitrogen and oxygen atoms in total. The van der Waals surface area contributed by atoms with E-state index in [-0.39, 0.29) is 15.8 Å². The summed E-state index contributed by atoms with van der Waals surface area (Å²) in [5.41, 5.74) is 2.27. The standard InChI is InChI=1S/C21H23ClN2O3S2/c22-18-14-17(7-9-20(18)29(26,27)24-10-2-1-3-11-24)23-21(25)16-6-8-19-15(13-16)5-4-12-28-19/h6-9,13-14H,1-5,10-12H2,(H,23,25). The highest BCUT2D eigenvalue weighted by molar-refractivity contribution is 7.99. The second-order valence-corrected chi connectivity index (χ2v) is 10.8. The Kier molecular flexibility index (Phi) is 6.20. The third-order valence-electron chi connectivity index (χ3n) is 5.29. The normalized spacial score (nSPS) is 17.6. The van der Waals surface area contributed by atoms with Crippen molar-refractivity contribution >= 4 is 45.0 Å². The van der Waals surface area contributed by atoms with E-state index < -0.39 is 10.0 Å². The van der Waals surface area contributed by atoms with Gasteiger partial charge in [-0.3, -0.25) is 4.79 Å². The molecule has 0 aliphatic carbocycles. The summed E-state index contributed by atoms with van der Waals surface area (Å²) >= 11 is 8.12. The van der Waals surface area contributed by atoms with E-state index in [2.05, 4.69) is 5.32 Å². The smallest absolute Gasteiger partial charge is 0.255 e. The first-order valence-electron chi connectivity index (χ1n) is 9.82. The van der Waals surface area contributed by atoms with Crippen LogP contribution in [0.2, 0.25) is 5.02 Å². The summed E-state index contributed by atoms with van der Waals surface area (Å²) in [6, 6.07) is 10.3. The molecule has 4 rings (SSSR count). The molecular formula is C21H23ClN2O3S2. The van der Waals surface area contributed by atoms with Gasteiger partial charge in [0.25, 0.3) is 5.91 Å². The summed E-state index contributed by atoms with van der Waals surface area (Å²) in [4.78, 5) is 14.0. The van der Waals surface area contributed by atoms with Gasteiger partial charge in [-0.2, -0.15) is 4.31 Å². The van der Waals surface area contributed by atoms with Gasteiger partial charge in [0.2, 0.25) is 10.0 Å². The van der Waals surface area contributed by atoms with Crippen LogP contribution in [0.15, 0.2) is 46.2 Å². The number of fused-ring (bicyclic) bond motifs is 1. The fourth-order valence-electron chi connectivity index (χ4n) is 3.74. The maximum Gasteiger partial charge on any atom is 0.255 e. The zero-order valence-corrected chi connectivity index (χ0v) is 18.4. The maximum absolute atomic E-state index is 12.9. The molecule has 8 heteroatoms. The number of hydrogen-bond acceptors (Lipinski definition) is 4. The van der Waals surface area contributed by atoms with E-state index in [0.717, 1.165) is 37.9 Å². The highest BCUT2D eigenvalue weighted by Gasteiger charge is 2.28. The van der Waals surface area contributed by atoms with Gasteiger partial charge in [-0.1, -0.05) is 18.0 Å². The molecule has 0 spiro atoms. The van der Waals surface area contributed by atoms with Crippen molar-refractivity contribution in [1.29, 1.82) is 0 Å². The van der Waals surface area contributed by atoms with Crippen LogP contribution >= 0.6 is 23.4 Å². The van der Waals surface area contributed by atoms with Crippen LogP contribution in [0.3, 0.4) is 0 Å². The molecule has 2 aliphatic rings. The van der Waals surface area contributed by atoms with Crippen LogP contribution in [0.5, 0.6) is 0 Å². The third-order valence-corrected chi connectivity index (χ3v) is 8.88. The van der Waals surface area contributed by atoms with E-state index in [1.165, 1.54) is 26.9 Å². The zero-order valence-electron chi connectivity index (χ0n) is 16.0. The minimum atomic E-state index is -3.61. The van der Waals surface area contributed by atoms with Crippen molar-refractivity contribution in [1.82, 2.24) is 4.31 Å². The Morgan fingerprint density at radius 1 is 1.03 bits per heavy atom. The molecule has 2 aromatic carbocycles. The zero-order chi connectivity index (χ0) is 20.4. The van der Waals surface area contributed by atoms with Crippen molar-refractivity contribution in [3.05, 3.63) is 52.5 Å². The van der Waals surface area contributed by atoms with Gasteiger partial charge in [-0.05, 0) is 73.4 Å². The Balaban J connectivity index is 1.51. The number of carbonyl (C=O) groups excluding carboxylic acids is 1. The molecule has 1 fully saturated rings. The Morgan fingerprint density at radius 2 is 1.83 bits per heavy atom. The summed E-state index contributed by atoms with van der Waals surface area (Å²) < 4.78 is 27.2. The second kappa shape index (κ2) is 8.68. The number of aryl methyl sites for hydroxylation is 1. The van der Waals surface area contributed by atoms with Gasteiger partial charge >= 0.3 is 0 Å². The van der Waals surface area contributed by atoms with Gasteiger partial charge in [0.05, 0.1) is 5.02 Å². The molecule has 0 saturated carbocycles. The summed E-state index contributed by atoms with van der Waals surface area (Å²) in [6.45, 7) is 1.04. The number of benzene rings is 2. The molecule has 0 bridgehead atoms. The van der Waals surface area contributed by atoms with Gasteiger partial charge in [-0.25, -0.2) is 8.42 Å². The predicted molar refractivity (Wildman–Crippen MR) is 118 cm³/mol. The van der Waals surface area contributed by atoms with Crippen molar-refractivity contribution in [3.8, 4) is 0 Å². The van der Waals surface area contributed by atoms with Crippen molar-refractivity contribution in [2.24, 2.45) is 0 Å². The number of rotatable bonds is 4. The van der Waals surface area contributed by atoms with Crippen LogP contribution in [-0.4, -0.2) is 37.5 Å². The first-order chi connectivity index (χ1) is 13.9. The molecule has 154 valence electrons. The Hall–Kier alpha value is -1.54. The van der Waals surface area contributed by atoms with Crippen LogP contribution in [0.25, 0.3) is 0 Å². The summed E-state index contributed by atoms with van der Waals surface area (Å²) in [7, 11) is -3.61. The number of piperidine rings is 1. The molecule has 29 heavy (non-hydrogen) atoms. The third kappa shape index (κ3) is 4.48. The van der Waals surface area contributed by atoms with Crippen molar-refractivity contribution < 1.29 is 13.2 Å². The molecule has 2 aromatic rings. The van der Waals surface area contributed by atoms with Gasteiger partial charge in [0.15, 0.2) is 0 Å². The number of hydrogen-bond donors (Lipinski definition) is 1. The average Bonchev–Trinajstić information content (AvgIpc) is 2.74. The summed E-state index contributed by atoms with van der Waals surface area (Å²) in [6.07, 6.45) is 4.88. The molecule has 0 unspecified atom stereocenters.